The van der Waals surface area contributed by atoms with Crippen LogP contribution in [0.4, 0.5) is 10.2 Å². The van der Waals surface area contributed by atoms with Crippen molar-refractivity contribution in [2.24, 2.45) is 0 Å². The monoisotopic (exact) mass is 420 g/mol. The topological polar surface area (TPSA) is 83.8 Å². The van der Waals surface area contributed by atoms with Gasteiger partial charge in [0, 0.05) is 36.0 Å². The lowest BCUT2D eigenvalue weighted by atomic mass is 9.93. The van der Waals surface area contributed by atoms with Crippen molar-refractivity contribution in [2.75, 3.05) is 5.73 Å². The first-order valence-corrected chi connectivity index (χ1v) is 10.7. The quantitative estimate of drug-likeness (QED) is 0.510. The van der Waals surface area contributed by atoms with Gasteiger partial charge in [0.05, 0.1) is 23.9 Å². The van der Waals surface area contributed by atoms with Gasteiger partial charge in [-0.2, -0.15) is 10.2 Å². The Balaban J connectivity index is 1.40. The molecule has 3 aromatic heterocycles. The molecule has 0 spiro atoms. The number of aromatic nitrogens is 5. The van der Waals surface area contributed by atoms with Gasteiger partial charge >= 0.3 is 0 Å². The van der Waals surface area contributed by atoms with Gasteiger partial charge in [-0.1, -0.05) is 12.1 Å². The van der Waals surface area contributed by atoms with Gasteiger partial charge in [-0.15, -0.1) is 0 Å². The van der Waals surface area contributed by atoms with Gasteiger partial charge in [0.2, 0.25) is 0 Å². The zero-order valence-corrected chi connectivity index (χ0v) is 17.4. The summed E-state index contributed by atoms with van der Waals surface area (Å²) in [4.78, 5) is 4.29. The highest BCUT2D eigenvalue weighted by molar-refractivity contribution is 5.93. The predicted octanol–water partition coefficient (Wildman–Crippen LogP) is 4.60. The zero-order valence-electron chi connectivity index (χ0n) is 17.4. The van der Waals surface area contributed by atoms with E-state index in [4.69, 9.17) is 15.6 Å². The molecule has 4 aromatic rings. The Bertz CT molecular complexity index is 1210. The molecule has 0 bridgehead atoms. The molecule has 1 aliphatic carbocycles. The van der Waals surface area contributed by atoms with E-state index in [2.05, 4.69) is 21.7 Å². The normalized spacial score (nSPS) is 19.0. The molecule has 31 heavy (non-hydrogen) atoms. The highest BCUT2D eigenvalue weighted by Crippen LogP contribution is 2.36. The Hall–Kier alpha value is -3.42. The Kier molecular flexibility index (Phi) is 5.05. The molecule has 1 aliphatic rings. The molecule has 0 amide bonds. The van der Waals surface area contributed by atoms with Gasteiger partial charge in [-0.3, -0.25) is 9.36 Å². The number of fused-ring (bicyclic) bond motifs is 1. The van der Waals surface area contributed by atoms with Crippen LogP contribution in [0.1, 0.15) is 38.6 Å². The molecule has 0 unspecified atom stereocenters. The molecule has 0 atom stereocenters. The zero-order chi connectivity index (χ0) is 21.4. The summed E-state index contributed by atoms with van der Waals surface area (Å²) in [7, 11) is 0. The minimum Gasteiger partial charge on any atom is -0.487 e. The van der Waals surface area contributed by atoms with Gasteiger partial charge in [-0.05, 0) is 44.7 Å². The fraction of sp³-hybridized carbons (Fsp3) is 0.348. The van der Waals surface area contributed by atoms with Crippen LogP contribution in [-0.2, 0) is 6.54 Å². The molecule has 5 rings (SSSR count). The average Bonchev–Trinajstić information content (AvgIpc) is 3.40. The number of nitrogen functional groups attached to an aromatic ring is 1. The lowest BCUT2D eigenvalue weighted by Gasteiger charge is -2.29. The summed E-state index contributed by atoms with van der Waals surface area (Å²) in [6.07, 6.45) is 9.10. The highest BCUT2D eigenvalue weighted by atomic mass is 19.1. The third kappa shape index (κ3) is 3.73. The molecular weight excluding hydrogens is 395 g/mol. The molecule has 160 valence electrons. The first-order chi connectivity index (χ1) is 15.1. The van der Waals surface area contributed by atoms with Crippen molar-refractivity contribution in [1.82, 2.24) is 24.5 Å². The smallest absolute Gasteiger partial charge is 0.165 e. The molecule has 0 saturated heterocycles. The summed E-state index contributed by atoms with van der Waals surface area (Å²) < 4.78 is 23.8. The molecule has 1 fully saturated rings. The van der Waals surface area contributed by atoms with Crippen molar-refractivity contribution < 1.29 is 9.13 Å². The first-order valence-electron chi connectivity index (χ1n) is 10.7. The number of rotatable bonds is 5. The number of halogens is 1. The largest absolute Gasteiger partial charge is 0.487 e. The van der Waals surface area contributed by atoms with E-state index in [1.54, 1.807) is 24.4 Å². The number of ether oxygens (including phenoxy) is 1. The Morgan fingerprint density at radius 1 is 1.16 bits per heavy atom. The van der Waals surface area contributed by atoms with Crippen molar-refractivity contribution in [3.8, 4) is 17.0 Å². The molecular formula is C23H25FN6O. The minimum atomic E-state index is -0.317. The summed E-state index contributed by atoms with van der Waals surface area (Å²) in [6.45, 7) is 2.85. The molecule has 0 aliphatic heterocycles. The van der Waals surface area contributed by atoms with Gasteiger partial charge in [-0.25, -0.2) is 9.37 Å². The van der Waals surface area contributed by atoms with Crippen LogP contribution in [0.3, 0.4) is 0 Å². The van der Waals surface area contributed by atoms with E-state index >= 15 is 0 Å². The lowest BCUT2D eigenvalue weighted by molar-refractivity contribution is 0.126. The van der Waals surface area contributed by atoms with Crippen LogP contribution in [0.2, 0.25) is 0 Å². The Morgan fingerprint density at radius 2 is 1.97 bits per heavy atom. The highest BCUT2D eigenvalue weighted by Gasteiger charge is 2.27. The number of para-hydroxylation sites is 1. The minimum absolute atomic E-state index is 0.00368. The number of benzene rings is 1. The molecule has 8 heteroatoms. The lowest BCUT2D eigenvalue weighted by Crippen LogP contribution is -2.26. The summed E-state index contributed by atoms with van der Waals surface area (Å²) in [5.41, 5.74) is 8.80. The standard InChI is InChI=1S/C23H25FN6O/c1-2-29-14-15(12-27-29)23-18-13-26-22(25)11-20(18)30(28-23)16-7-9-17(10-8-16)31-21-6-4-3-5-19(21)24/h3-6,11-14,16-17H,2,7-10H2,1H3,(H2,25,26). The number of hydrogen-bond acceptors (Lipinski definition) is 5. The van der Waals surface area contributed by atoms with Crippen molar-refractivity contribution in [1.29, 1.82) is 0 Å². The second kappa shape index (κ2) is 8.02. The van der Waals surface area contributed by atoms with Crippen molar-refractivity contribution in [2.45, 2.75) is 51.3 Å². The second-order valence-electron chi connectivity index (χ2n) is 7.98. The number of anilines is 1. The van der Waals surface area contributed by atoms with Crippen LogP contribution < -0.4 is 10.5 Å². The summed E-state index contributed by atoms with van der Waals surface area (Å²) in [6, 6.07) is 8.68. The maximum Gasteiger partial charge on any atom is 0.165 e. The van der Waals surface area contributed by atoms with E-state index in [0.717, 1.165) is 54.4 Å². The average molecular weight is 420 g/mol. The maximum atomic E-state index is 13.9. The number of nitrogens with two attached hydrogens (primary N) is 1. The molecule has 2 N–H and O–H groups in total. The van der Waals surface area contributed by atoms with Crippen molar-refractivity contribution >= 4 is 16.7 Å². The van der Waals surface area contributed by atoms with Crippen LogP contribution in [-0.4, -0.2) is 30.6 Å². The Labute approximate surface area is 179 Å². The van der Waals surface area contributed by atoms with Crippen LogP contribution in [0.5, 0.6) is 5.75 Å². The molecule has 7 nitrogen and oxygen atoms in total. The first kappa shape index (κ1) is 19.5. The molecule has 1 aromatic carbocycles. The number of nitrogens with zero attached hydrogens (tertiary/aromatic N) is 5. The van der Waals surface area contributed by atoms with Crippen LogP contribution in [0.15, 0.2) is 48.9 Å². The number of pyridine rings is 1. The summed E-state index contributed by atoms with van der Waals surface area (Å²) in [5.74, 6) is 0.480. The van der Waals surface area contributed by atoms with E-state index < -0.39 is 0 Å². The van der Waals surface area contributed by atoms with Crippen LogP contribution in [0, 0.1) is 5.82 Å². The third-order valence-corrected chi connectivity index (χ3v) is 5.96. The van der Waals surface area contributed by atoms with Crippen LogP contribution >= 0.6 is 0 Å². The SMILES string of the molecule is CCn1cc(-c2nn(C3CCC(Oc4ccccc4F)CC3)c3cc(N)ncc23)cn1. The van der Waals surface area contributed by atoms with Gasteiger partial charge < -0.3 is 10.5 Å². The van der Waals surface area contributed by atoms with Gasteiger partial charge in [0.15, 0.2) is 11.6 Å². The second-order valence-corrected chi connectivity index (χ2v) is 7.98. The number of hydrogen-bond donors (Lipinski definition) is 1. The fourth-order valence-electron chi connectivity index (χ4n) is 4.33. The van der Waals surface area contributed by atoms with Crippen molar-refractivity contribution in [3.63, 3.8) is 0 Å². The van der Waals surface area contributed by atoms with Crippen LogP contribution in [0.25, 0.3) is 22.2 Å². The third-order valence-electron chi connectivity index (χ3n) is 5.96. The van der Waals surface area contributed by atoms with E-state index in [-0.39, 0.29) is 18.0 Å². The Morgan fingerprint density at radius 3 is 2.71 bits per heavy atom. The molecule has 1 saturated carbocycles. The van der Waals surface area contributed by atoms with E-state index in [1.807, 2.05) is 23.1 Å². The number of aryl methyl sites for hydroxylation is 1. The van der Waals surface area contributed by atoms with Gasteiger partial charge in [0.25, 0.3) is 0 Å². The fourth-order valence-corrected chi connectivity index (χ4v) is 4.33. The maximum absolute atomic E-state index is 13.9. The van der Waals surface area contributed by atoms with E-state index in [0.29, 0.717) is 11.6 Å². The summed E-state index contributed by atoms with van der Waals surface area (Å²) in [5, 5.41) is 10.3. The summed E-state index contributed by atoms with van der Waals surface area (Å²) >= 11 is 0. The van der Waals surface area contributed by atoms with Crippen molar-refractivity contribution in [3.05, 3.63) is 54.7 Å². The van der Waals surface area contributed by atoms with Gasteiger partial charge in [0.1, 0.15) is 11.5 Å². The van der Waals surface area contributed by atoms with E-state index in [9.17, 15) is 4.39 Å². The van der Waals surface area contributed by atoms with E-state index in [1.165, 1.54) is 6.07 Å². The predicted molar refractivity (Wildman–Crippen MR) is 117 cm³/mol. The molecule has 0 radical (unpaired) electrons. The molecule has 3 heterocycles.